The number of benzene rings is 2. The summed E-state index contributed by atoms with van der Waals surface area (Å²) in [7, 11) is 4.51. The zero-order valence-corrected chi connectivity index (χ0v) is 16.3. The molecule has 8 heteroatoms. The van der Waals surface area contributed by atoms with Gasteiger partial charge in [0.05, 0.1) is 45.1 Å². The van der Waals surface area contributed by atoms with E-state index in [4.69, 9.17) is 14.2 Å². The van der Waals surface area contributed by atoms with Gasteiger partial charge in [-0.15, -0.1) is 0 Å². The van der Waals surface area contributed by atoms with E-state index >= 15 is 0 Å². The van der Waals surface area contributed by atoms with E-state index in [1.165, 1.54) is 32.2 Å². The lowest BCUT2D eigenvalue weighted by Gasteiger charge is -2.14. The number of nitrogens with zero attached hydrogens (tertiary/aromatic N) is 4. The second-order valence-electron chi connectivity index (χ2n) is 6.34. The van der Waals surface area contributed by atoms with Crippen molar-refractivity contribution >= 4 is 10.9 Å². The molecular formula is C21H20N4O4. The van der Waals surface area contributed by atoms with Gasteiger partial charge in [-0.2, -0.15) is 5.10 Å². The zero-order chi connectivity index (χ0) is 20.4. The van der Waals surface area contributed by atoms with Crippen molar-refractivity contribution < 1.29 is 14.2 Å². The van der Waals surface area contributed by atoms with E-state index < -0.39 is 0 Å². The third-order valence-electron chi connectivity index (χ3n) is 4.64. The zero-order valence-electron chi connectivity index (χ0n) is 16.3. The maximum absolute atomic E-state index is 13.2. The Labute approximate surface area is 166 Å². The Balaban J connectivity index is 1.80. The number of methoxy groups -OCH3 is 3. The van der Waals surface area contributed by atoms with Crippen molar-refractivity contribution in [2.75, 3.05) is 21.3 Å². The van der Waals surface area contributed by atoms with Crippen molar-refractivity contribution in [1.29, 1.82) is 0 Å². The Bertz CT molecular complexity index is 1210. The molecule has 0 bridgehead atoms. The maximum atomic E-state index is 13.2. The fourth-order valence-electron chi connectivity index (χ4n) is 3.25. The summed E-state index contributed by atoms with van der Waals surface area (Å²) in [6.45, 7) is 0.607. The number of ether oxygens (including phenoxy) is 3. The Morgan fingerprint density at radius 2 is 1.76 bits per heavy atom. The Morgan fingerprint density at radius 3 is 2.45 bits per heavy atom. The van der Waals surface area contributed by atoms with Crippen LogP contribution in [0.2, 0.25) is 0 Å². The van der Waals surface area contributed by atoms with Gasteiger partial charge in [0.2, 0.25) is 5.75 Å². The van der Waals surface area contributed by atoms with Gasteiger partial charge in [-0.1, -0.05) is 30.3 Å². The molecule has 0 aliphatic heterocycles. The first-order chi connectivity index (χ1) is 14.2. The Kier molecular flexibility index (Phi) is 4.90. The standard InChI is InChI=1S/C21H20N4O4/c1-27-17-9-16-18(20(29-3)19(17)28-2)22-13-25(21(16)26)15-10-23-24(12-15)11-14-7-5-4-6-8-14/h4-10,12-13H,11H2,1-3H3. The van der Waals surface area contributed by atoms with Crippen LogP contribution in [0.1, 0.15) is 5.56 Å². The van der Waals surface area contributed by atoms with Gasteiger partial charge in [-0.25, -0.2) is 4.98 Å². The van der Waals surface area contributed by atoms with Crippen molar-refractivity contribution in [1.82, 2.24) is 19.3 Å². The number of hydrogen-bond donors (Lipinski definition) is 0. The first kappa shape index (κ1) is 18.5. The average molecular weight is 392 g/mol. The molecule has 0 unspecified atom stereocenters. The number of aromatic nitrogens is 4. The molecule has 0 amide bonds. The molecule has 4 aromatic rings. The minimum atomic E-state index is -0.256. The van der Waals surface area contributed by atoms with Crippen LogP contribution in [0.5, 0.6) is 17.2 Å². The van der Waals surface area contributed by atoms with E-state index in [-0.39, 0.29) is 5.56 Å². The monoisotopic (exact) mass is 392 g/mol. The summed E-state index contributed by atoms with van der Waals surface area (Å²) in [5, 5.41) is 4.72. The Hall–Kier alpha value is -3.81. The first-order valence-electron chi connectivity index (χ1n) is 8.93. The van der Waals surface area contributed by atoms with Gasteiger partial charge in [0, 0.05) is 6.20 Å². The van der Waals surface area contributed by atoms with Gasteiger partial charge < -0.3 is 14.2 Å². The second-order valence-corrected chi connectivity index (χ2v) is 6.34. The molecule has 0 atom stereocenters. The van der Waals surface area contributed by atoms with Gasteiger partial charge in [-0.05, 0) is 11.6 Å². The van der Waals surface area contributed by atoms with Gasteiger partial charge in [0.1, 0.15) is 11.8 Å². The van der Waals surface area contributed by atoms with E-state index in [0.717, 1.165) is 5.56 Å². The largest absolute Gasteiger partial charge is 0.493 e. The van der Waals surface area contributed by atoms with E-state index in [1.807, 2.05) is 30.3 Å². The molecule has 29 heavy (non-hydrogen) atoms. The summed E-state index contributed by atoms with van der Waals surface area (Å²) >= 11 is 0. The third kappa shape index (κ3) is 3.29. The fourth-order valence-corrected chi connectivity index (χ4v) is 3.25. The maximum Gasteiger partial charge on any atom is 0.266 e. The highest BCUT2D eigenvalue weighted by Gasteiger charge is 2.20. The molecular weight excluding hydrogens is 372 g/mol. The lowest BCUT2D eigenvalue weighted by Crippen LogP contribution is -2.19. The van der Waals surface area contributed by atoms with Crippen molar-refractivity contribution in [2.24, 2.45) is 0 Å². The molecule has 2 aromatic carbocycles. The van der Waals surface area contributed by atoms with Crippen LogP contribution in [0.3, 0.4) is 0 Å². The molecule has 0 spiro atoms. The van der Waals surface area contributed by atoms with Crippen molar-refractivity contribution in [3.63, 3.8) is 0 Å². The average Bonchev–Trinajstić information content (AvgIpc) is 3.21. The molecule has 8 nitrogen and oxygen atoms in total. The topological polar surface area (TPSA) is 80.4 Å². The van der Waals surface area contributed by atoms with E-state index in [9.17, 15) is 4.79 Å². The first-order valence-corrected chi connectivity index (χ1v) is 8.93. The highest BCUT2D eigenvalue weighted by Crippen LogP contribution is 2.41. The van der Waals surface area contributed by atoms with Crippen molar-refractivity contribution in [3.05, 3.63) is 71.0 Å². The van der Waals surface area contributed by atoms with Crippen LogP contribution in [0, 0.1) is 0 Å². The van der Waals surface area contributed by atoms with Crippen LogP contribution in [0.4, 0.5) is 0 Å². The van der Waals surface area contributed by atoms with Crippen LogP contribution >= 0.6 is 0 Å². The molecule has 148 valence electrons. The number of fused-ring (bicyclic) bond motifs is 1. The smallest absolute Gasteiger partial charge is 0.266 e. The summed E-state index contributed by atoms with van der Waals surface area (Å²) < 4.78 is 19.4. The minimum Gasteiger partial charge on any atom is -0.493 e. The molecule has 2 aromatic heterocycles. The summed E-state index contributed by atoms with van der Waals surface area (Å²) in [6, 6.07) is 11.6. The molecule has 4 rings (SSSR count). The minimum absolute atomic E-state index is 0.256. The van der Waals surface area contributed by atoms with E-state index in [1.54, 1.807) is 23.1 Å². The van der Waals surface area contributed by atoms with Crippen LogP contribution in [0.15, 0.2) is 59.9 Å². The second kappa shape index (κ2) is 7.67. The van der Waals surface area contributed by atoms with Crippen molar-refractivity contribution in [2.45, 2.75) is 6.54 Å². The SMILES string of the molecule is COc1cc2c(=O)n(-c3cnn(Cc4ccccc4)c3)cnc2c(OC)c1OC. The highest BCUT2D eigenvalue weighted by atomic mass is 16.5. The third-order valence-corrected chi connectivity index (χ3v) is 4.64. The van der Waals surface area contributed by atoms with Gasteiger partial charge in [0.15, 0.2) is 11.5 Å². The predicted octanol–water partition coefficient (Wildman–Crippen LogP) is 2.66. The van der Waals surface area contributed by atoms with E-state index in [0.29, 0.717) is 40.4 Å². The van der Waals surface area contributed by atoms with Crippen LogP contribution in [-0.2, 0) is 6.54 Å². The van der Waals surface area contributed by atoms with Gasteiger partial charge in [-0.3, -0.25) is 14.0 Å². The molecule has 0 N–H and O–H groups in total. The molecule has 0 fully saturated rings. The molecule has 0 saturated carbocycles. The van der Waals surface area contributed by atoms with Gasteiger partial charge >= 0.3 is 0 Å². The number of rotatable bonds is 6. The lowest BCUT2D eigenvalue weighted by atomic mass is 10.2. The summed E-state index contributed by atoms with van der Waals surface area (Å²) in [6.07, 6.45) is 4.90. The summed E-state index contributed by atoms with van der Waals surface area (Å²) in [4.78, 5) is 17.6. The van der Waals surface area contributed by atoms with Crippen LogP contribution < -0.4 is 19.8 Å². The lowest BCUT2D eigenvalue weighted by molar-refractivity contribution is 0.326. The Morgan fingerprint density at radius 1 is 1.00 bits per heavy atom. The predicted molar refractivity (Wildman–Crippen MR) is 108 cm³/mol. The molecule has 2 heterocycles. The van der Waals surface area contributed by atoms with E-state index in [2.05, 4.69) is 10.1 Å². The normalized spacial score (nSPS) is 10.9. The van der Waals surface area contributed by atoms with Crippen LogP contribution in [-0.4, -0.2) is 40.7 Å². The van der Waals surface area contributed by atoms with Gasteiger partial charge in [0.25, 0.3) is 5.56 Å². The molecule has 0 saturated heterocycles. The highest BCUT2D eigenvalue weighted by molar-refractivity contribution is 5.89. The molecule has 0 aliphatic rings. The van der Waals surface area contributed by atoms with Crippen molar-refractivity contribution in [3.8, 4) is 22.9 Å². The quantitative estimate of drug-likeness (QED) is 0.502. The molecule has 0 radical (unpaired) electrons. The fraction of sp³-hybridized carbons (Fsp3) is 0.190. The summed E-state index contributed by atoms with van der Waals surface area (Å²) in [5.74, 6) is 1.14. The molecule has 0 aliphatic carbocycles. The number of hydrogen-bond acceptors (Lipinski definition) is 6. The summed E-state index contributed by atoms with van der Waals surface area (Å²) in [5.41, 5.74) is 1.89. The van der Waals surface area contributed by atoms with Crippen LogP contribution in [0.25, 0.3) is 16.6 Å².